The highest BCUT2D eigenvalue weighted by atomic mass is 32.2. The molecule has 90 valence electrons. The van der Waals surface area contributed by atoms with Crippen molar-refractivity contribution in [2.24, 2.45) is 5.73 Å². The summed E-state index contributed by atoms with van der Waals surface area (Å²) in [5.41, 5.74) is 16.3. The number of nitrogen functional groups attached to an aromatic ring is 2. The summed E-state index contributed by atoms with van der Waals surface area (Å²) < 4.78 is 0. The molecule has 0 bridgehead atoms. The van der Waals surface area contributed by atoms with Crippen LogP contribution in [0.1, 0.15) is 18.7 Å². The van der Waals surface area contributed by atoms with Crippen LogP contribution < -0.4 is 17.2 Å². The molecule has 0 spiro atoms. The zero-order valence-corrected chi connectivity index (χ0v) is 10.0. The van der Waals surface area contributed by atoms with Crippen LogP contribution in [0.4, 0.5) is 11.9 Å². The molecule has 1 heterocycles. The highest BCUT2D eigenvalue weighted by Crippen LogP contribution is 2.07. The summed E-state index contributed by atoms with van der Waals surface area (Å²) in [5, 5.41) is 0. The maximum Gasteiger partial charge on any atom is 0.225 e. The molecule has 0 aromatic carbocycles. The molecule has 0 atom stereocenters. The Kier molecular flexibility index (Phi) is 5.87. The number of thioether (sulfide) groups is 1. The molecule has 0 aliphatic rings. The van der Waals surface area contributed by atoms with Crippen LogP contribution >= 0.6 is 11.8 Å². The lowest BCUT2D eigenvalue weighted by molar-refractivity contribution is 0.814. The molecule has 1 aromatic heterocycles. The van der Waals surface area contributed by atoms with Crippen LogP contribution in [-0.4, -0.2) is 33.0 Å². The predicted molar refractivity (Wildman–Crippen MR) is 68.0 cm³/mol. The van der Waals surface area contributed by atoms with Gasteiger partial charge in [-0.25, -0.2) is 0 Å². The fourth-order valence-electron chi connectivity index (χ4n) is 1.18. The predicted octanol–water partition coefficient (Wildman–Crippen LogP) is 0.0506. The molecule has 1 rings (SSSR count). The smallest absolute Gasteiger partial charge is 0.225 e. The van der Waals surface area contributed by atoms with E-state index in [-0.39, 0.29) is 11.9 Å². The van der Waals surface area contributed by atoms with E-state index in [9.17, 15) is 0 Å². The molecule has 0 radical (unpaired) electrons. The van der Waals surface area contributed by atoms with Crippen molar-refractivity contribution in [3.63, 3.8) is 0 Å². The van der Waals surface area contributed by atoms with Gasteiger partial charge in [-0.3, -0.25) is 0 Å². The SMILES string of the molecule is NCCCCSCCc1nc(N)nc(N)n1. The summed E-state index contributed by atoms with van der Waals surface area (Å²) in [4.78, 5) is 11.7. The first-order chi connectivity index (χ1) is 7.72. The molecule has 0 unspecified atom stereocenters. The number of nitrogens with zero attached hydrogens (tertiary/aromatic N) is 3. The van der Waals surface area contributed by atoms with Crippen molar-refractivity contribution >= 4 is 23.7 Å². The monoisotopic (exact) mass is 242 g/mol. The molecule has 0 saturated carbocycles. The summed E-state index contributed by atoms with van der Waals surface area (Å²) in [6.07, 6.45) is 3.01. The van der Waals surface area contributed by atoms with Crippen molar-refractivity contribution in [1.29, 1.82) is 0 Å². The quantitative estimate of drug-likeness (QED) is 0.578. The zero-order chi connectivity index (χ0) is 11.8. The number of nitrogens with two attached hydrogens (primary N) is 3. The first-order valence-corrected chi connectivity index (χ1v) is 6.41. The Morgan fingerprint density at radius 3 is 2.25 bits per heavy atom. The third-order valence-corrected chi connectivity index (χ3v) is 3.00. The van der Waals surface area contributed by atoms with Gasteiger partial charge >= 0.3 is 0 Å². The summed E-state index contributed by atoms with van der Waals surface area (Å²) in [5.74, 6) is 3.13. The Hall–Kier alpha value is -1.08. The number of unbranched alkanes of at least 4 members (excludes halogenated alkanes) is 1. The Morgan fingerprint density at radius 1 is 0.938 bits per heavy atom. The van der Waals surface area contributed by atoms with E-state index in [1.54, 1.807) is 0 Å². The molecule has 0 aliphatic heterocycles. The van der Waals surface area contributed by atoms with Crippen LogP contribution in [0.3, 0.4) is 0 Å². The summed E-state index contributed by atoms with van der Waals surface area (Å²) in [6, 6.07) is 0. The second kappa shape index (κ2) is 7.24. The molecule has 0 saturated heterocycles. The van der Waals surface area contributed by atoms with E-state index in [0.717, 1.165) is 37.3 Å². The van der Waals surface area contributed by atoms with E-state index >= 15 is 0 Å². The van der Waals surface area contributed by atoms with Crippen molar-refractivity contribution in [2.45, 2.75) is 19.3 Å². The van der Waals surface area contributed by atoms with Crippen LogP contribution in [0.15, 0.2) is 0 Å². The fraction of sp³-hybridized carbons (Fsp3) is 0.667. The number of aromatic nitrogens is 3. The van der Waals surface area contributed by atoms with Gasteiger partial charge in [0.05, 0.1) is 0 Å². The first-order valence-electron chi connectivity index (χ1n) is 5.26. The van der Waals surface area contributed by atoms with E-state index in [1.165, 1.54) is 0 Å². The van der Waals surface area contributed by atoms with Crippen LogP contribution in [-0.2, 0) is 6.42 Å². The molecule has 0 aliphatic carbocycles. The van der Waals surface area contributed by atoms with Crippen molar-refractivity contribution in [2.75, 3.05) is 29.5 Å². The average Bonchev–Trinajstić information content (AvgIpc) is 2.22. The van der Waals surface area contributed by atoms with E-state index < -0.39 is 0 Å². The van der Waals surface area contributed by atoms with Crippen molar-refractivity contribution < 1.29 is 0 Å². The molecule has 0 amide bonds. The van der Waals surface area contributed by atoms with Crippen molar-refractivity contribution in [3.05, 3.63) is 5.82 Å². The maximum atomic E-state index is 5.47. The third-order valence-electron chi connectivity index (χ3n) is 1.93. The molecular weight excluding hydrogens is 224 g/mol. The first kappa shape index (κ1) is 13.0. The number of hydrogen-bond donors (Lipinski definition) is 3. The molecule has 1 aromatic rings. The van der Waals surface area contributed by atoms with Crippen LogP contribution in [0.5, 0.6) is 0 Å². The van der Waals surface area contributed by atoms with Crippen LogP contribution in [0.25, 0.3) is 0 Å². The number of aryl methyl sites for hydroxylation is 1. The molecular formula is C9H18N6S. The number of anilines is 2. The Morgan fingerprint density at radius 2 is 1.62 bits per heavy atom. The lowest BCUT2D eigenvalue weighted by Crippen LogP contribution is -2.07. The number of rotatable bonds is 7. The lowest BCUT2D eigenvalue weighted by atomic mass is 10.3. The van der Waals surface area contributed by atoms with E-state index in [2.05, 4.69) is 15.0 Å². The van der Waals surface area contributed by atoms with Crippen molar-refractivity contribution in [1.82, 2.24) is 15.0 Å². The number of hydrogen-bond acceptors (Lipinski definition) is 7. The van der Waals surface area contributed by atoms with E-state index in [4.69, 9.17) is 17.2 Å². The normalized spacial score (nSPS) is 10.6. The largest absolute Gasteiger partial charge is 0.368 e. The standard InChI is InChI=1S/C9H18N6S/c10-4-1-2-5-16-6-3-7-13-8(11)15-9(12)14-7/h1-6,10H2,(H4,11,12,13,14,15). The Balaban J connectivity index is 2.21. The minimum Gasteiger partial charge on any atom is -0.368 e. The average molecular weight is 242 g/mol. The van der Waals surface area contributed by atoms with Crippen LogP contribution in [0, 0.1) is 0 Å². The van der Waals surface area contributed by atoms with Gasteiger partial charge < -0.3 is 17.2 Å². The van der Waals surface area contributed by atoms with Gasteiger partial charge in [0.15, 0.2) is 0 Å². The van der Waals surface area contributed by atoms with Gasteiger partial charge in [0.1, 0.15) is 5.82 Å². The minimum absolute atomic E-state index is 0.190. The van der Waals surface area contributed by atoms with Gasteiger partial charge in [0.25, 0.3) is 0 Å². The topological polar surface area (TPSA) is 117 Å². The second-order valence-corrected chi connectivity index (χ2v) is 4.55. The van der Waals surface area contributed by atoms with Gasteiger partial charge in [-0.15, -0.1) is 0 Å². The highest BCUT2D eigenvalue weighted by molar-refractivity contribution is 7.99. The summed E-state index contributed by atoms with van der Waals surface area (Å²) in [7, 11) is 0. The fourth-order valence-corrected chi connectivity index (χ4v) is 2.12. The molecule has 7 heteroatoms. The maximum absolute atomic E-state index is 5.47. The zero-order valence-electron chi connectivity index (χ0n) is 9.22. The lowest BCUT2D eigenvalue weighted by Gasteiger charge is -2.02. The molecule has 16 heavy (non-hydrogen) atoms. The van der Waals surface area contributed by atoms with Gasteiger partial charge in [0.2, 0.25) is 11.9 Å². The molecule has 0 fully saturated rings. The van der Waals surface area contributed by atoms with E-state index in [0.29, 0.717) is 5.82 Å². The van der Waals surface area contributed by atoms with Crippen LogP contribution in [0.2, 0.25) is 0 Å². The summed E-state index contributed by atoms with van der Waals surface area (Å²) >= 11 is 1.86. The highest BCUT2D eigenvalue weighted by Gasteiger charge is 2.01. The second-order valence-electron chi connectivity index (χ2n) is 3.33. The Labute approximate surface area is 99.4 Å². The third kappa shape index (κ3) is 5.13. The van der Waals surface area contributed by atoms with E-state index in [1.807, 2.05) is 11.8 Å². The van der Waals surface area contributed by atoms with Gasteiger partial charge in [-0.1, -0.05) is 0 Å². The summed E-state index contributed by atoms with van der Waals surface area (Å²) in [6.45, 7) is 0.765. The minimum atomic E-state index is 0.190. The van der Waals surface area contributed by atoms with Gasteiger partial charge in [0, 0.05) is 12.2 Å². The van der Waals surface area contributed by atoms with Crippen molar-refractivity contribution in [3.8, 4) is 0 Å². The van der Waals surface area contributed by atoms with Gasteiger partial charge in [-0.05, 0) is 25.1 Å². The Bertz CT molecular complexity index is 299. The molecule has 6 N–H and O–H groups in total. The van der Waals surface area contributed by atoms with Gasteiger partial charge in [-0.2, -0.15) is 26.7 Å². The molecule has 6 nitrogen and oxygen atoms in total.